The molecule has 19 heavy (non-hydrogen) atoms. The number of carbonyl (C=O) groups is 1. The van der Waals surface area contributed by atoms with Gasteiger partial charge in [0.25, 0.3) is 17.6 Å². The Hall–Kier alpha value is -1.79. The number of nitrogen functional groups attached to an aromatic ring is 1. The van der Waals surface area contributed by atoms with Gasteiger partial charge < -0.3 is 15.6 Å². The van der Waals surface area contributed by atoms with Crippen LogP contribution in [0.15, 0.2) is 16.7 Å². The summed E-state index contributed by atoms with van der Waals surface area (Å²) < 4.78 is 4.99. The second-order valence-corrected chi connectivity index (χ2v) is 4.45. The maximum absolute atomic E-state index is 11.5. The van der Waals surface area contributed by atoms with Crippen molar-refractivity contribution in [3.63, 3.8) is 0 Å². The summed E-state index contributed by atoms with van der Waals surface area (Å²) in [4.78, 5) is 15.5. The summed E-state index contributed by atoms with van der Waals surface area (Å²) in [6.45, 7) is 2.26. The summed E-state index contributed by atoms with van der Waals surface area (Å²) in [7, 11) is 0. The average Bonchev–Trinajstić information content (AvgIpc) is 2.85. The van der Waals surface area contributed by atoms with Crippen molar-refractivity contribution in [2.24, 2.45) is 0 Å². The van der Waals surface area contributed by atoms with Crippen LogP contribution in [0.25, 0.3) is 11.5 Å². The maximum Gasteiger partial charge on any atom is 0.292 e. The number of benzene rings is 1. The number of halogens is 2. The zero-order valence-electron chi connectivity index (χ0n) is 9.91. The zero-order valence-corrected chi connectivity index (χ0v) is 11.4. The van der Waals surface area contributed by atoms with E-state index in [2.05, 4.69) is 15.5 Å². The lowest BCUT2D eigenvalue weighted by atomic mass is 10.2. The highest BCUT2D eigenvalue weighted by atomic mass is 35.5. The first-order valence-corrected chi connectivity index (χ1v) is 6.15. The molecule has 1 aromatic carbocycles. The van der Waals surface area contributed by atoms with Crippen LogP contribution in [0.1, 0.15) is 17.5 Å². The first kappa shape index (κ1) is 13.6. The molecular formula is C11H10Cl2N4O2. The summed E-state index contributed by atoms with van der Waals surface area (Å²) >= 11 is 11.8. The number of aromatic nitrogens is 2. The van der Waals surface area contributed by atoms with Gasteiger partial charge in [-0.2, -0.15) is 4.98 Å². The molecular weight excluding hydrogens is 291 g/mol. The van der Waals surface area contributed by atoms with E-state index in [0.29, 0.717) is 12.1 Å². The molecule has 0 aliphatic heterocycles. The summed E-state index contributed by atoms with van der Waals surface area (Å²) in [6.07, 6.45) is 0. The smallest absolute Gasteiger partial charge is 0.292 e. The summed E-state index contributed by atoms with van der Waals surface area (Å²) in [5.41, 5.74) is 6.39. The molecule has 0 fully saturated rings. The van der Waals surface area contributed by atoms with Crippen molar-refractivity contribution in [1.82, 2.24) is 15.5 Å². The van der Waals surface area contributed by atoms with Crippen molar-refractivity contribution in [2.75, 3.05) is 12.3 Å². The summed E-state index contributed by atoms with van der Waals surface area (Å²) in [5, 5.41) is 6.70. The average molecular weight is 301 g/mol. The van der Waals surface area contributed by atoms with E-state index in [4.69, 9.17) is 33.5 Å². The van der Waals surface area contributed by atoms with E-state index in [9.17, 15) is 4.79 Å². The van der Waals surface area contributed by atoms with E-state index in [-0.39, 0.29) is 27.4 Å². The van der Waals surface area contributed by atoms with E-state index in [0.717, 1.165) is 0 Å². The third-order valence-corrected chi connectivity index (χ3v) is 2.92. The molecule has 3 N–H and O–H groups in total. The number of nitrogens with two attached hydrogens (primary N) is 1. The Balaban J connectivity index is 2.35. The maximum atomic E-state index is 11.5. The third kappa shape index (κ3) is 2.80. The highest BCUT2D eigenvalue weighted by Crippen LogP contribution is 2.32. The number of hydrogen-bond acceptors (Lipinski definition) is 5. The molecule has 100 valence electrons. The Kier molecular flexibility index (Phi) is 3.92. The Morgan fingerprint density at radius 2 is 2.05 bits per heavy atom. The van der Waals surface area contributed by atoms with Crippen molar-refractivity contribution in [2.45, 2.75) is 6.92 Å². The number of carbonyl (C=O) groups excluding carboxylic acids is 1. The minimum Gasteiger partial charge on any atom is -0.396 e. The Bertz CT molecular complexity index is 604. The van der Waals surface area contributed by atoms with Gasteiger partial charge in [-0.3, -0.25) is 4.79 Å². The van der Waals surface area contributed by atoms with E-state index in [1.165, 1.54) is 12.1 Å². The van der Waals surface area contributed by atoms with Gasteiger partial charge in [0, 0.05) is 12.1 Å². The van der Waals surface area contributed by atoms with E-state index in [1.807, 2.05) is 0 Å². The van der Waals surface area contributed by atoms with Crippen molar-refractivity contribution in [3.8, 4) is 11.5 Å². The Labute approximate surface area is 118 Å². The van der Waals surface area contributed by atoms with Gasteiger partial charge in [-0.15, -0.1) is 0 Å². The molecule has 1 aromatic heterocycles. The minimum atomic E-state index is -0.412. The monoisotopic (exact) mass is 300 g/mol. The highest BCUT2D eigenvalue weighted by Gasteiger charge is 2.16. The lowest BCUT2D eigenvalue weighted by molar-refractivity contribution is 0.0942. The van der Waals surface area contributed by atoms with Gasteiger partial charge in [0.2, 0.25) is 0 Å². The van der Waals surface area contributed by atoms with Crippen molar-refractivity contribution < 1.29 is 9.32 Å². The standard InChI is InChI=1S/C11H10Cl2N4O2/c1-2-15-10(18)9-16-11(19-17-9)5-3-6(12)8(14)7(13)4-5/h3-4H,2,14H2,1H3,(H,15,18). The fraction of sp³-hybridized carbons (Fsp3) is 0.182. The Morgan fingerprint density at radius 1 is 1.42 bits per heavy atom. The topological polar surface area (TPSA) is 94.0 Å². The fourth-order valence-corrected chi connectivity index (χ4v) is 1.87. The number of hydrogen-bond donors (Lipinski definition) is 2. The molecule has 0 unspecified atom stereocenters. The summed E-state index contributed by atoms with van der Waals surface area (Å²) in [6, 6.07) is 3.08. The third-order valence-electron chi connectivity index (χ3n) is 2.29. The van der Waals surface area contributed by atoms with Crippen LogP contribution in [-0.2, 0) is 0 Å². The van der Waals surface area contributed by atoms with E-state index < -0.39 is 5.91 Å². The molecule has 2 rings (SSSR count). The fourth-order valence-electron chi connectivity index (χ4n) is 1.38. The molecule has 6 nitrogen and oxygen atoms in total. The van der Waals surface area contributed by atoms with Gasteiger partial charge in [0.1, 0.15) is 0 Å². The normalized spacial score (nSPS) is 10.5. The number of anilines is 1. The molecule has 0 bridgehead atoms. The van der Waals surface area contributed by atoms with Gasteiger partial charge in [-0.1, -0.05) is 28.4 Å². The second kappa shape index (κ2) is 5.46. The van der Waals surface area contributed by atoms with E-state index in [1.54, 1.807) is 6.92 Å². The van der Waals surface area contributed by atoms with Gasteiger partial charge in [0.15, 0.2) is 0 Å². The van der Waals surface area contributed by atoms with Gasteiger partial charge >= 0.3 is 0 Å². The molecule has 0 aliphatic rings. The van der Waals surface area contributed by atoms with Gasteiger partial charge in [-0.25, -0.2) is 0 Å². The van der Waals surface area contributed by atoms with Crippen molar-refractivity contribution in [3.05, 3.63) is 28.0 Å². The zero-order chi connectivity index (χ0) is 14.0. The van der Waals surface area contributed by atoms with Crippen LogP contribution < -0.4 is 11.1 Å². The van der Waals surface area contributed by atoms with Crippen molar-refractivity contribution >= 4 is 34.8 Å². The predicted octanol–water partition coefficient (Wildman–Crippen LogP) is 2.38. The number of amides is 1. The largest absolute Gasteiger partial charge is 0.396 e. The van der Waals surface area contributed by atoms with Crippen LogP contribution in [0.5, 0.6) is 0 Å². The molecule has 0 spiro atoms. The molecule has 0 atom stereocenters. The SMILES string of the molecule is CCNC(=O)c1noc(-c2cc(Cl)c(N)c(Cl)c2)n1. The molecule has 0 saturated heterocycles. The molecule has 1 heterocycles. The molecule has 0 radical (unpaired) electrons. The van der Waals surface area contributed by atoms with Crippen LogP contribution in [0.3, 0.4) is 0 Å². The van der Waals surface area contributed by atoms with Crippen LogP contribution in [0.4, 0.5) is 5.69 Å². The minimum absolute atomic E-state index is 0.0547. The summed E-state index contributed by atoms with van der Waals surface area (Å²) in [5.74, 6) is -0.323. The lowest BCUT2D eigenvalue weighted by Crippen LogP contribution is -2.23. The van der Waals surface area contributed by atoms with Crippen LogP contribution in [0.2, 0.25) is 10.0 Å². The van der Waals surface area contributed by atoms with Crippen LogP contribution in [-0.4, -0.2) is 22.6 Å². The number of rotatable bonds is 3. The lowest BCUT2D eigenvalue weighted by Gasteiger charge is -2.02. The van der Waals surface area contributed by atoms with Crippen LogP contribution >= 0.6 is 23.2 Å². The Morgan fingerprint density at radius 3 is 2.63 bits per heavy atom. The molecule has 1 amide bonds. The first-order valence-electron chi connectivity index (χ1n) is 5.39. The number of nitrogens with one attached hydrogen (secondary N) is 1. The van der Waals surface area contributed by atoms with Gasteiger partial charge in [-0.05, 0) is 19.1 Å². The molecule has 0 aliphatic carbocycles. The van der Waals surface area contributed by atoms with Crippen LogP contribution in [0, 0.1) is 0 Å². The van der Waals surface area contributed by atoms with Gasteiger partial charge in [0.05, 0.1) is 15.7 Å². The first-order chi connectivity index (χ1) is 9.02. The molecule has 2 aromatic rings. The predicted molar refractivity (Wildman–Crippen MR) is 72.2 cm³/mol. The number of nitrogens with zero attached hydrogens (tertiary/aromatic N) is 2. The molecule has 8 heteroatoms. The van der Waals surface area contributed by atoms with Crippen molar-refractivity contribution in [1.29, 1.82) is 0 Å². The second-order valence-electron chi connectivity index (χ2n) is 3.64. The quantitative estimate of drug-likeness (QED) is 0.849. The highest BCUT2D eigenvalue weighted by molar-refractivity contribution is 6.39. The van der Waals surface area contributed by atoms with E-state index >= 15 is 0 Å². The molecule has 0 saturated carbocycles.